The molecule has 86 heavy (non-hydrogen) atoms. The van der Waals surface area contributed by atoms with Gasteiger partial charge in [0.1, 0.15) is 11.0 Å². The maximum Gasteiger partial charge on any atom is 1.00 e. The van der Waals surface area contributed by atoms with Gasteiger partial charge in [0, 0.05) is 42.1 Å². The Morgan fingerprint density at radius 3 is 1.48 bits per heavy atom. The van der Waals surface area contributed by atoms with Crippen LogP contribution in [0.5, 0.6) is 11.8 Å². The summed E-state index contributed by atoms with van der Waals surface area (Å²) in [6, 6.07) is 25.2. The Balaban J connectivity index is 0.000000697. The van der Waals surface area contributed by atoms with Gasteiger partial charge in [-0.2, -0.15) is 27.0 Å². The minimum atomic E-state index is -4.04. The molecule has 0 bridgehead atoms. The third kappa shape index (κ3) is 23.2. The number of nitrogens with one attached hydrogen (secondary N) is 3. The number of benzene rings is 2. The summed E-state index contributed by atoms with van der Waals surface area (Å²) >= 11 is 6.16. The van der Waals surface area contributed by atoms with Gasteiger partial charge in [-0.3, -0.25) is 14.4 Å². The first-order valence-corrected chi connectivity index (χ1v) is 30.1. The minimum Gasteiger partial charge on any atom is -1.00 e. The quantitative estimate of drug-likeness (QED) is 0.0367. The van der Waals surface area contributed by atoms with Gasteiger partial charge in [-0.15, -0.1) is 22.6 Å². The van der Waals surface area contributed by atoms with E-state index < -0.39 is 31.9 Å². The summed E-state index contributed by atoms with van der Waals surface area (Å²) in [5, 5.41) is 20.6. The first-order chi connectivity index (χ1) is 38.2. The van der Waals surface area contributed by atoms with E-state index in [0.29, 0.717) is 71.3 Å². The average molecular weight is 1360 g/mol. The van der Waals surface area contributed by atoms with Crippen LogP contribution >= 0.6 is 51.0 Å². The Labute approximate surface area is 617 Å². The molecule has 2 aromatic carbocycles. The molecule has 2 atom stereocenters. The van der Waals surface area contributed by atoms with E-state index in [9.17, 15) is 26.4 Å². The standard InChI is InChI=1S/C28H35N5O4S.C21H21ClN4O4S.C7H15N.CH2O3.ClH.2K.2H2S.H/c1-20-18-27(2,3)32(19-20)25-22(26(34)31-38(35,36)21-8-6-5-7-9-21)10-11-23(29-25)33-16-12-24(30-33)37-17-15-28(4)13-14-28;1-21(10-11-21)12-14-30-18-9-13-26(24-18)17-8-7-16(19(22)23-17)20(27)25-31(28,29)15-5-3-2-4-6-15;1-6-4-7(2,3)8-5-6;2-1-4-3;;;;;;/h5-12,16,20H,13-15,17-19H2,1-4H3,(H,31,34);2-9,13H,10-12,14H2,1H3,(H,25,27);6,8H,4-5H2,1-3H3;1,3H;1H;;;2*1H2;/q;;;;;2*+1;;;-1/p-1/t20-;;6-;;;;;;;/m0.0......./s1. The number of carbonyl (C=O) groups excluding carboxylic acids is 3. The molecule has 4 aromatic heterocycles. The van der Waals surface area contributed by atoms with Crippen LogP contribution in [0.2, 0.25) is 5.15 Å². The molecule has 29 heteroatoms. The van der Waals surface area contributed by atoms with Gasteiger partial charge in [0.15, 0.2) is 11.6 Å². The maximum atomic E-state index is 13.4. The molecule has 2 saturated heterocycles. The number of hydrogen-bond acceptors (Lipinski definition) is 17. The van der Waals surface area contributed by atoms with E-state index in [0.717, 1.165) is 25.2 Å². The first kappa shape index (κ1) is 79.4. The molecule has 0 unspecified atom stereocenters. The predicted octanol–water partition coefficient (Wildman–Crippen LogP) is 2.79. The van der Waals surface area contributed by atoms with Gasteiger partial charge in [0.05, 0.1) is 34.1 Å². The van der Waals surface area contributed by atoms with Crippen molar-refractivity contribution in [3.63, 3.8) is 0 Å². The molecule has 2 saturated carbocycles. The van der Waals surface area contributed by atoms with E-state index in [1.165, 1.54) is 79.7 Å². The van der Waals surface area contributed by atoms with Gasteiger partial charge in [-0.1, -0.05) is 75.7 Å². The number of nitrogens with zero attached hydrogens (tertiary/aromatic N) is 7. The second-order valence-corrected chi connectivity index (χ2v) is 26.8. The van der Waals surface area contributed by atoms with E-state index in [2.05, 4.69) is 90.4 Å². The fourth-order valence-corrected chi connectivity index (χ4v) is 11.7. The number of ether oxygens (including phenoxy) is 2. The molecule has 21 nitrogen and oxygen atoms in total. The van der Waals surface area contributed by atoms with Gasteiger partial charge in [0.2, 0.25) is 11.8 Å². The van der Waals surface area contributed by atoms with Gasteiger partial charge in [-0.05, 0) is 157 Å². The molecular formula is C57H78Cl2K2N10O11S4. The smallest absolute Gasteiger partial charge is 1.00 e. The van der Waals surface area contributed by atoms with Gasteiger partial charge in [-0.25, -0.2) is 45.6 Å². The maximum absolute atomic E-state index is 13.4. The number of amides is 2. The number of carbonyl (C=O) groups is 3. The van der Waals surface area contributed by atoms with Crippen molar-refractivity contribution in [3.8, 4) is 23.4 Å². The van der Waals surface area contributed by atoms with Gasteiger partial charge >= 0.3 is 103 Å². The number of rotatable bonds is 18. The van der Waals surface area contributed by atoms with E-state index in [1.807, 2.05) is 4.72 Å². The third-order valence-corrected chi connectivity index (χ3v) is 17.6. The Kier molecular flexibility index (Phi) is 32.0. The monoisotopic (exact) mass is 1350 g/mol. The van der Waals surface area contributed by atoms with Crippen LogP contribution in [0.4, 0.5) is 5.82 Å². The van der Waals surface area contributed by atoms with Crippen LogP contribution in [0.25, 0.3) is 11.6 Å². The summed E-state index contributed by atoms with van der Waals surface area (Å²) in [5.74, 6) is 1.97. The molecule has 4 aliphatic rings. The van der Waals surface area contributed by atoms with Crippen LogP contribution in [0.15, 0.2) is 119 Å². The second-order valence-electron chi connectivity index (χ2n) is 23.1. The molecule has 10 rings (SSSR count). The van der Waals surface area contributed by atoms with Crippen molar-refractivity contribution in [1.82, 2.24) is 44.3 Å². The van der Waals surface area contributed by atoms with Crippen LogP contribution in [0, 0.1) is 22.7 Å². The Hall–Kier alpha value is -2.66. The number of pyridine rings is 2. The fourth-order valence-electron chi connectivity index (χ4n) is 9.52. The molecule has 0 spiro atoms. The third-order valence-electron chi connectivity index (χ3n) is 14.6. The Bertz CT molecular complexity index is 3390. The van der Waals surface area contributed by atoms with E-state index in [4.69, 9.17) is 36.1 Å². The van der Waals surface area contributed by atoms with Crippen molar-refractivity contribution >= 4 is 95.2 Å². The number of sulfonamides is 2. The summed E-state index contributed by atoms with van der Waals surface area (Å²) in [6.07, 6.45) is 12.6. The Morgan fingerprint density at radius 1 is 0.686 bits per heavy atom. The zero-order valence-corrected chi connectivity index (χ0v) is 61.8. The second kappa shape index (κ2) is 34.7. The van der Waals surface area contributed by atoms with Gasteiger partial charge in [0.25, 0.3) is 38.3 Å². The van der Waals surface area contributed by atoms with Crippen LogP contribution < -0.4 is 137 Å². The summed E-state index contributed by atoms with van der Waals surface area (Å²) < 4.78 is 69.3. The number of aromatic nitrogens is 6. The minimum absolute atomic E-state index is 0. The van der Waals surface area contributed by atoms with Crippen LogP contribution in [-0.2, 0) is 29.7 Å². The fraction of sp³-hybridized carbons (Fsp3) is 0.456. The molecule has 0 radical (unpaired) electrons. The molecule has 2 amide bonds. The molecule has 6 aromatic rings. The molecule has 3 N–H and O–H groups in total. The number of hydrogen-bond donors (Lipinski definition) is 3. The molecule has 6 heterocycles. The van der Waals surface area contributed by atoms with Crippen molar-refractivity contribution in [2.24, 2.45) is 22.7 Å². The summed E-state index contributed by atoms with van der Waals surface area (Å²) in [5.41, 5.74) is 1.09. The van der Waals surface area contributed by atoms with Crippen LogP contribution in [-0.4, -0.2) is 102 Å². The van der Waals surface area contributed by atoms with Crippen LogP contribution in [0.1, 0.15) is 129 Å². The van der Waals surface area contributed by atoms with Crippen molar-refractivity contribution in [2.75, 3.05) is 31.2 Å². The van der Waals surface area contributed by atoms with E-state index >= 15 is 0 Å². The largest absolute Gasteiger partial charge is 1.00 e. The molecule has 462 valence electrons. The van der Waals surface area contributed by atoms with Crippen molar-refractivity contribution in [3.05, 3.63) is 126 Å². The predicted molar refractivity (Wildman–Crippen MR) is 332 cm³/mol. The average Bonchev–Trinajstić information content (AvgIpc) is 1.84. The normalized spacial score (nSPS) is 17.6. The van der Waals surface area contributed by atoms with E-state index in [-0.39, 0.29) is 182 Å². The number of halogens is 2. The topological polar surface area (TPSA) is 271 Å². The Morgan fingerprint density at radius 2 is 1.12 bits per heavy atom. The zero-order chi connectivity index (χ0) is 58.8. The zero-order valence-electron chi connectivity index (χ0n) is 51.3. The summed E-state index contributed by atoms with van der Waals surface area (Å²) in [6.45, 7) is 20.6. The number of anilines is 1. The van der Waals surface area contributed by atoms with Crippen LogP contribution in [0.3, 0.4) is 0 Å². The van der Waals surface area contributed by atoms with Crippen molar-refractivity contribution in [2.45, 2.75) is 128 Å². The van der Waals surface area contributed by atoms with Crippen molar-refractivity contribution in [1.29, 1.82) is 0 Å². The molecule has 2 aliphatic carbocycles. The molecule has 2 aliphatic heterocycles. The summed E-state index contributed by atoms with van der Waals surface area (Å²) in [7, 11) is -8.06. The molecular weight excluding hydrogens is 1280 g/mol. The molecule has 4 fully saturated rings. The first-order valence-electron chi connectivity index (χ1n) is 26.8. The van der Waals surface area contributed by atoms with Crippen molar-refractivity contribution < 1.29 is 155 Å². The SMILES string of the molecule is CC1(CCOc2ccn(-c3ccc(C(=O)NS(=O)(=O)c4ccccc4)c(Cl)n3)n2)CC1.C[C@@H]1CN(c2nc(-n3ccc(OCCC4(C)CC4)n3)ccc2C(=O)NS(=O)(=O)c2ccccc2)C(C)(C)C1.C[C@@H]1CNC(C)(C)C1.Cl.O=CO[O-].S.S.[H-].[K+].[K+]. The summed E-state index contributed by atoms with van der Waals surface area (Å²) in [4.78, 5) is 48.1. The van der Waals surface area contributed by atoms with E-state index in [1.54, 1.807) is 77.7 Å². The van der Waals surface area contributed by atoms with Gasteiger partial charge < -0.3 is 31.3 Å².